The summed E-state index contributed by atoms with van der Waals surface area (Å²) in [5.74, 6) is -0.782. The van der Waals surface area contributed by atoms with Crippen molar-refractivity contribution < 1.29 is 17.9 Å². The third-order valence-electron chi connectivity index (χ3n) is 3.65. The van der Waals surface area contributed by atoms with Gasteiger partial charge in [-0.15, -0.1) is 0 Å². The Morgan fingerprint density at radius 2 is 2.15 bits per heavy atom. The lowest BCUT2D eigenvalue weighted by Gasteiger charge is -2.20. The normalized spacial score (nSPS) is 20.8. The molecule has 0 aromatic heterocycles. The molecule has 1 aromatic rings. The van der Waals surface area contributed by atoms with E-state index in [1.807, 2.05) is 19.0 Å². The maximum absolute atomic E-state index is 13.8. The summed E-state index contributed by atoms with van der Waals surface area (Å²) in [6.07, 6.45) is 0.730. The van der Waals surface area contributed by atoms with Gasteiger partial charge in [-0.3, -0.25) is 0 Å². The van der Waals surface area contributed by atoms with Gasteiger partial charge in [-0.25, -0.2) is 12.8 Å². The van der Waals surface area contributed by atoms with Crippen molar-refractivity contribution in [3.05, 3.63) is 29.6 Å². The number of aliphatic hydroxyl groups is 1. The van der Waals surface area contributed by atoms with Crippen LogP contribution in [0.25, 0.3) is 0 Å². The first-order valence-corrected chi connectivity index (χ1v) is 7.86. The molecule has 1 heterocycles. The van der Waals surface area contributed by atoms with Crippen LogP contribution in [0.15, 0.2) is 23.1 Å². The highest BCUT2D eigenvalue weighted by atomic mass is 32.2. The average Bonchev–Trinajstić information content (AvgIpc) is 2.89. The molecule has 1 aliphatic heterocycles. The molecule has 1 aliphatic rings. The highest BCUT2D eigenvalue weighted by Gasteiger charge is 2.34. The van der Waals surface area contributed by atoms with Crippen LogP contribution < -0.4 is 0 Å². The number of likely N-dealkylation sites (N-methyl/N-ethyl adjacent to an activating group) is 1. The smallest absolute Gasteiger partial charge is 0.246 e. The lowest BCUT2D eigenvalue weighted by atomic mass is 10.2. The van der Waals surface area contributed by atoms with E-state index in [-0.39, 0.29) is 17.5 Å². The number of rotatable bonds is 4. The lowest BCUT2D eigenvalue weighted by Crippen LogP contribution is -2.34. The number of hydrogen-bond acceptors (Lipinski definition) is 4. The van der Waals surface area contributed by atoms with Gasteiger partial charge in [0.1, 0.15) is 10.7 Å². The van der Waals surface area contributed by atoms with E-state index >= 15 is 0 Å². The first-order chi connectivity index (χ1) is 9.36. The molecule has 1 aromatic carbocycles. The third-order valence-corrected chi connectivity index (χ3v) is 5.53. The molecule has 0 spiro atoms. The van der Waals surface area contributed by atoms with Crippen LogP contribution in [0.3, 0.4) is 0 Å². The van der Waals surface area contributed by atoms with Gasteiger partial charge in [-0.2, -0.15) is 4.31 Å². The Kier molecular flexibility index (Phi) is 4.43. The van der Waals surface area contributed by atoms with Gasteiger partial charge in [0, 0.05) is 19.1 Å². The largest absolute Gasteiger partial charge is 0.392 e. The van der Waals surface area contributed by atoms with E-state index in [1.54, 1.807) is 0 Å². The molecule has 5 nitrogen and oxygen atoms in total. The zero-order chi connectivity index (χ0) is 14.9. The Bertz CT molecular complexity index is 589. The molecule has 0 saturated carbocycles. The van der Waals surface area contributed by atoms with Crippen molar-refractivity contribution in [1.82, 2.24) is 9.21 Å². The fourth-order valence-corrected chi connectivity index (χ4v) is 3.94. The highest BCUT2D eigenvalue weighted by molar-refractivity contribution is 7.89. The second-order valence-electron chi connectivity index (χ2n) is 5.19. The number of benzene rings is 1. The molecule has 0 bridgehead atoms. The number of aliphatic hydroxyl groups excluding tert-OH is 1. The van der Waals surface area contributed by atoms with Crippen LogP contribution in [0.4, 0.5) is 4.39 Å². The van der Waals surface area contributed by atoms with Crippen LogP contribution in [0, 0.1) is 5.82 Å². The van der Waals surface area contributed by atoms with E-state index in [9.17, 15) is 12.8 Å². The van der Waals surface area contributed by atoms with Crippen LogP contribution in [0.5, 0.6) is 0 Å². The molecular weight excluding hydrogens is 283 g/mol. The van der Waals surface area contributed by atoms with E-state index in [4.69, 9.17) is 5.11 Å². The number of nitrogens with zero attached hydrogens (tertiary/aromatic N) is 2. The summed E-state index contributed by atoms with van der Waals surface area (Å²) >= 11 is 0. The summed E-state index contributed by atoms with van der Waals surface area (Å²) in [4.78, 5) is 1.61. The Morgan fingerprint density at radius 1 is 1.45 bits per heavy atom. The van der Waals surface area contributed by atoms with Gasteiger partial charge in [0.05, 0.1) is 6.61 Å². The van der Waals surface area contributed by atoms with Crippen molar-refractivity contribution in [3.8, 4) is 0 Å². The zero-order valence-electron chi connectivity index (χ0n) is 11.6. The van der Waals surface area contributed by atoms with Gasteiger partial charge in [-0.05, 0) is 38.2 Å². The molecule has 0 aliphatic carbocycles. The molecule has 1 saturated heterocycles. The van der Waals surface area contributed by atoms with Crippen molar-refractivity contribution in [1.29, 1.82) is 0 Å². The fourth-order valence-electron chi connectivity index (χ4n) is 2.33. The molecule has 112 valence electrons. The zero-order valence-corrected chi connectivity index (χ0v) is 12.4. The maximum atomic E-state index is 13.8. The lowest BCUT2D eigenvalue weighted by molar-refractivity contribution is 0.281. The molecule has 1 N–H and O–H groups in total. The van der Waals surface area contributed by atoms with Gasteiger partial charge in [0.15, 0.2) is 0 Å². The second-order valence-corrected chi connectivity index (χ2v) is 7.10. The topological polar surface area (TPSA) is 60.9 Å². The van der Waals surface area contributed by atoms with Crippen molar-refractivity contribution >= 4 is 10.0 Å². The standard InChI is InChI=1S/C13H19FN2O3S/c1-15(2)11-5-6-16(8-11)20(18,19)13-7-10(9-17)3-4-12(13)14/h3-4,7,11,17H,5-6,8-9H2,1-2H3. The van der Waals surface area contributed by atoms with Gasteiger partial charge in [0.2, 0.25) is 10.0 Å². The van der Waals surface area contributed by atoms with Crippen LogP contribution in [-0.2, 0) is 16.6 Å². The van der Waals surface area contributed by atoms with Crippen molar-refractivity contribution in [2.75, 3.05) is 27.2 Å². The fraction of sp³-hybridized carbons (Fsp3) is 0.538. The summed E-state index contributed by atoms with van der Waals surface area (Å²) in [6, 6.07) is 3.81. The van der Waals surface area contributed by atoms with E-state index in [0.29, 0.717) is 18.7 Å². The minimum Gasteiger partial charge on any atom is -0.392 e. The maximum Gasteiger partial charge on any atom is 0.246 e. The monoisotopic (exact) mass is 302 g/mol. The highest BCUT2D eigenvalue weighted by Crippen LogP contribution is 2.25. The van der Waals surface area contributed by atoms with Crippen molar-refractivity contribution in [2.45, 2.75) is 24.0 Å². The molecule has 0 radical (unpaired) electrons. The van der Waals surface area contributed by atoms with E-state index in [1.165, 1.54) is 16.4 Å². The molecule has 1 atom stereocenters. The van der Waals surface area contributed by atoms with Crippen LogP contribution in [0.2, 0.25) is 0 Å². The van der Waals surface area contributed by atoms with Gasteiger partial charge in [0.25, 0.3) is 0 Å². The number of sulfonamides is 1. The first-order valence-electron chi connectivity index (χ1n) is 6.42. The van der Waals surface area contributed by atoms with Crippen LogP contribution >= 0.6 is 0 Å². The first kappa shape index (κ1) is 15.4. The number of hydrogen-bond donors (Lipinski definition) is 1. The minimum atomic E-state index is -3.85. The number of halogens is 1. The van der Waals surface area contributed by atoms with Crippen molar-refractivity contribution in [2.24, 2.45) is 0 Å². The Morgan fingerprint density at radius 3 is 2.70 bits per heavy atom. The molecule has 20 heavy (non-hydrogen) atoms. The predicted molar refractivity (Wildman–Crippen MR) is 73.2 cm³/mol. The quantitative estimate of drug-likeness (QED) is 0.887. The van der Waals surface area contributed by atoms with E-state index in [2.05, 4.69) is 0 Å². The van der Waals surface area contributed by atoms with Crippen LogP contribution in [-0.4, -0.2) is 56.0 Å². The van der Waals surface area contributed by atoms with Gasteiger partial charge in [-0.1, -0.05) is 6.07 Å². The average molecular weight is 302 g/mol. The Balaban J connectivity index is 2.32. The third kappa shape index (κ3) is 2.85. The molecular formula is C13H19FN2O3S. The Hall–Kier alpha value is -1.02. The summed E-state index contributed by atoms with van der Waals surface area (Å²) in [7, 11) is -0.0547. The molecule has 0 amide bonds. The summed E-state index contributed by atoms with van der Waals surface area (Å²) in [6.45, 7) is 0.426. The Labute approximate surface area is 118 Å². The van der Waals surface area contributed by atoms with Crippen LogP contribution in [0.1, 0.15) is 12.0 Å². The molecule has 2 rings (SSSR count). The molecule has 1 fully saturated rings. The molecule has 1 unspecified atom stereocenters. The van der Waals surface area contributed by atoms with E-state index in [0.717, 1.165) is 12.5 Å². The predicted octanol–water partition coefficient (Wildman–Crippen LogP) is 0.643. The summed E-state index contributed by atoms with van der Waals surface area (Å²) in [5.41, 5.74) is 0.383. The van der Waals surface area contributed by atoms with Crippen molar-refractivity contribution in [3.63, 3.8) is 0 Å². The SMILES string of the molecule is CN(C)C1CCN(S(=O)(=O)c2cc(CO)ccc2F)C1. The summed E-state index contributed by atoms with van der Waals surface area (Å²) < 4.78 is 40.1. The molecule has 7 heteroatoms. The minimum absolute atomic E-state index is 0.147. The second kappa shape index (κ2) is 5.77. The van der Waals surface area contributed by atoms with Gasteiger partial charge >= 0.3 is 0 Å². The summed E-state index contributed by atoms with van der Waals surface area (Å²) in [5, 5.41) is 9.06. The van der Waals surface area contributed by atoms with E-state index < -0.39 is 15.8 Å². The van der Waals surface area contributed by atoms with Gasteiger partial charge < -0.3 is 10.0 Å².